The van der Waals surface area contributed by atoms with E-state index in [0.29, 0.717) is 10.9 Å². The second-order valence-electron chi connectivity index (χ2n) is 10.3. The lowest BCUT2D eigenvalue weighted by Gasteiger charge is -2.37. The number of aromatic nitrogens is 2. The maximum atomic E-state index is 11.8. The molecule has 37 heavy (non-hydrogen) atoms. The lowest BCUT2D eigenvalue weighted by molar-refractivity contribution is 0.218. The molecule has 0 spiro atoms. The quantitative estimate of drug-likeness (QED) is 0.337. The molecule has 2 heterocycles. The van der Waals surface area contributed by atoms with E-state index in [1.165, 1.54) is 35.9 Å². The number of aryl methyl sites for hydroxylation is 2. The van der Waals surface area contributed by atoms with Crippen LogP contribution in [0.25, 0.3) is 33.5 Å². The summed E-state index contributed by atoms with van der Waals surface area (Å²) in [6, 6.07) is 21.0. The maximum absolute atomic E-state index is 11.8. The molecule has 1 aliphatic heterocycles. The van der Waals surface area contributed by atoms with Gasteiger partial charge in [-0.25, -0.2) is 13.4 Å². The topological polar surface area (TPSA) is 58.4 Å². The van der Waals surface area contributed by atoms with Gasteiger partial charge in [-0.3, -0.25) is 0 Å². The predicted molar refractivity (Wildman–Crippen MR) is 153 cm³/mol. The second-order valence-corrected chi connectivity index (χ2v) is 12.3. The summed E-state index contributed by atoms with van der Waals surface area (Å²) in [6.45, 7) is 7.64. The molecule has 1 aromatic heterocycles. The molecule has 6 nitrogen and oxygen atoms in total. The number of sulfone groups is 1. The fraction of sp³-hybridized carbons (Fsp3) is 0.367. The highest BCUT2D eigenvalue weighted by Gasteiger charge is 2.22. The Morgan fingerprint density at radius 3 is 2.16 bits per heavy atom. The normalized spacial score (nSPS) is 15.1. The lowest BCUT2D eigenvalue weighted by atomic mass is 10.0. The number of imidazole rings is 1. The Balaban J connectivity index is 1.40. The van der Waals surface area contributed by atoms with Crippen LogP contribution in [0, 0.1) is 6.92 Å². The van der Waals surface area contributed by atoms with Gasteiger partial charge in [0, 0.05) is 43.7 Å². The fourth-order valence-electron chi connectivity index (χ4n) is 5.42. The van der Waals surface area contributed by atoms with Crippen LogP contribution >= 0.6 is 0 Å². The number of benzene rings is 3. The molecule has 3 aromatic carbocycles. The van der Waals surface area contributed by atoms with E-state index in [9.17, 15) is 8.42 Å². The monoisotopic (exact) mass is 516 g/mol. The minimum absolute atomic E-state index is 0.314. The number of piperidine rings is 1. The maximum Gasteiger partial charge on any atom is 0.175 e. The Kier molecular flexibility index (Phi) is 6.86. The van der Waals surface area contributed by atoms with Crippen molar-refractivity contribution in [1.82, 2.24) is 14.5 Å². The molecule has 7 heteroatoms. The van der Waals surface area contributed by atoms with Crippen LogP contribution < -0.4 is 4.90 Å². The van der Waals surface area contributed by atoms with Gasteiger partial charge in [0.2, 0.25) is 0 Å². The van der Waals surface area contributed by atoms with Crippen molar-refractivity contribution in [3.63, 3.8) is 0 Å². The molecule has 194 valence electrons. The van der Waals surface area contributed by atoms with Crippen LogP contribution in [0.4, 0.5) is 5.69 Å². The number of hydrogen-bond donors (Lipinski definition) is 0. The molecule has 0 aliphatic carbocycles. The highest BCUT2D eigenvalue weighted by molar-refractivity contribution is 7.90. The molecule has 1 saturated heterocycles. The van der Waals surface area contributed by atoms with Crippen LogP contribution in [0.15, 0.2) is 65.6 Å². The summed E-state index contributed by atoms with van der Waals surface area (Å²) in [6.07, 6.45) is 3.64. The SMILES string of the molecule is CCN(C)C1CCN(c2ccc(-c3cc(C)c4nc(-c5ccc(S(C)(=O)=O)cc5)n(C)c4c3)cc2)CC1. The van der Waals surface area contributed by atoms with E-state index < -0.39 is 9.84 Å². The van der Waals surface area contributed by atoms with Crippen molar-refractivity contribution in [3.05, 3.63) is 66.2 Å². The first-order chi connectivity index (χ1) is 17.7. The van der Waals surface area contributed by atoms with Gasteiger partial charge < -0.3 is 14.4 Å². The first kappa shape index (κ1) is 25.5. The van der Waals surface area contributed by atoms with Crippen molar-refractivity contribution in [2.24, 2.45) is 7.05 Å². The Bertz CT molecular complexity index is 1510. The minimum atomic E-state index is -3.23. The van der Waals surface area contributed by atoms with Gasteiger partial charge in [-0.05, 0) is 98.6 Å². The molecule has 0 amide bonds. The van der Waals surface area contributed by atoms with Gasteiger partial charge in [0.15, 0.2) is 9.84 Å². The summed E-state index contributed by atoms with van der Waals surface area (Å²) in [5, 5.41) is 0. The van der Waals surface area contributed by atoms with Crippen molar-refractivity contribution in [3.8, 4) is 22.5 Å². The van der Waals surface area contributed by atoms with Crippen molar-refractivity contribution in [2.75, 3.05) is 37.8 Å². The number of anilines is 1. The van der Waals surface area contributed by atoms with E-state index in [1.807, 2.05) is 19.2 Å². The third-order valence-corrected chi connectivity index (χ3v) is 9.00. The number of nitrogens with zero attached hydrogens (tertiary/aromatic N) is 4. The third-order valence-electron chi connectivity index (χ3n) is 7.87. The molecule has 0 atom stereocenters. The molecule has 0 unspecified atom stereocenters. The molecule has 0 radical (unpaired) electrons. The summed E-state index contributed by atoms with van der Waals surface area (Å²) >= 11 is 0. The Morgan fingerprint density at radius 1 is 0.946 bits per heavy atom. The Hall–Kier alpha value is -3.16. The van der Waals surface area contributed by atoms with Crippen molar-refractivity contribution >= 4 is 26.6 Å². The molecule has 0 saturated carbocycles. The molecule has 1 fully saturated rings. The van der Waals surface area contributed by atoms with Crippen LogP contribution in [0.5, 0.6) is 0 Å². The first-order valence-electron chi connectivity index (χ1n) is 13.0. The zero-order valence-electron chi connectivity index (χ0n) is 22.4. The average molecular weight is 517 g/mol. The molecule has 1 aliphatic rings. The van der Waals surface area contributed by atoms with Gasteiger partial charge in [0.25, 0.3) is 0 Å². The summed E-state index contributed by atoms with van der Waals surface area (Å²) in [5.74, 6) is 0.822. The molecule has 0 bridgehead atoms. The van der Waals surface area contributed by atoms with E-state index in [0.717, 1.165) is 47.6 Å². The van der Waals surface area contributed by atoms with Gasteiger partial charge in [-0.2, -0.15) is 0 Å². The highest BCUT2D eigenvalue weighted by atomic mass is 32.2. The van der Waals surface area contributed by atoms with Crippen molar-refractivity contribution in [2.45, 2.75) is 37.6 Å². The second kappa shape index (κ2) is 9.95. The lowest BCUT2D eigenvalue weighted by Crippen LogP contribution is -2.43. The largest absolute Gasteiger partial charge is 0.371 e. The van der Waals surface area contributed by atoms with Gasteiger partial charge in [-0.15, -0.1) is 0 Å². The van der Waals surface area contributed by atoms with Gasteiger partial charge in [0.05, 0.1) is 15.9 Å². The van der Waals surface area contributed by atoms with Gasteiger partial charge in [0.1, 0.15) is 5.82 Å². The van der Waals surface area contributed by atoms with Crippen molar-refractivity contribution < 1.29 is 8.42 Å². The molecule has 0 N–H and O–H groups in total. The first-order valence-corrected chi connectivity index (χ1v) is 14.9. The number of rotatable bonds is 6. The summed E-state index contributed by atoms with van der Waals surface area (Å²) in [4.78, 5) is 10.2. The number of hydrogen-bond acceptors (Lipinski definition) is 5. The zero-order valence-corrected chi connectivity index (χ0v) is 23.2. The predicted octanol–water partition coefficient (Wildman–Crippen LogP) is 5.54. The highest BCUT2D eigenvalue weighted by Crippen LogP contribution is 2.32. The Labute approximate surface area is 220 Å². The summed E-state index contributed by atoms with van der Waals surface area (Å²) < 4.78 is 25.8. The van der Waals surface area contributed by atoms with E-state index in [4.69, 9.17) is 4.98 Å². The zero-order chi connectivity index (χ0) is 26.3. The minimum Gasteiger partial charge on any atom is -0.371 e. The third kappa shape index (κ3) is 5.03. The van der Waals surface area contributed by atoms with Crippen LogP contribution in [-0.2, 0) is 16.9 Å². The van der Waals surface area contributed by atoms with E-state index in [-0.39, 0.29) is 0 Å². The molecular weight excluding hydrogens is 480 g/mol. The summed E-state index contributed by atoms with van der Waals surface area (Å²) in [5.41, 5.74) is 7.68. The van der Waals surface area contributed by atoms with Crippen LogP contribution in [0.2, 0.25) is 0 Å². The van der Waals surface area contributed by atoms with Crippen LogP contribution in [0.1, 0.15) is 25.3 Å². The van der Waals surface area contributed by atoms with Crippen LogP contribution in [-0.4, -0.2) is 61.8 Å². The molecular formula is C30H36N4O2S. The number of fused-ring (bicyclic) bond motifs is 1. The van der Waals surface area contributed by atoms with E-state index >= 15 is 0 Å². The van der Waals surface area contributed by atoms with Gasteiger partial charge in [-0.1, -0.05) is 19.1 Å². The molecule has 4 aromatic rings. The van der Waals surface area contributed by atoms with Crippen molar-refractivity contribution in [1.29, 1.82) is 0 Å². The standard InChI is InChI=1S/C30H36N4O2S/c1-6-32(3)25-15-17-34(18-16-25)26-11-7-22(8-12-26)24-19-21(2)29-28(20-24)33(4)30(31-29)23-9-13-27(14-10-23)37(5,35)36/h7-14,19-20,25H,6,15-18H2,1-5H3. The smallest absolute Gasteiger partial charge is 0.175 e. The van der Waals surface area contributed by atoms with E-state index in [2.05, 4.69) is 71.7 Å². The average Bonchev–Trinajstić information content (AvgIpc) is 3.25. The van der Waals surface area contributed by atoms with Gasteiger partial charge >= 0.3 is 0 Å². The van der Waals surface area contributed by atoms with E-state index in [1.54, 1.807) is 12.1 Å². The Morgan fingerprint density at radius 2 is 1.57 bits per heavy atom. The van der Waals surface area contributed by atoms with Crippen LogP contribution in [0.3, 0.4) is 0 Å². The molecule has 5 rings (SSSR count). The summed E-state index contributed by atoms with van der Waals surface area (Å²) in [7, 11) is 1.02. The fourth-order valence-corrected chi connectivity index (χ4v) is 6.05.